The second-order valence-electron chi connectivity index (χ2n) is 7.04. The van der Waals surface area contributed by atoms with Gasteiger partial charge in [-0.15, -0.1) is 0 Å². The maximum absolute atomic E-state index is 11.5. The van der Waals surface area contributed by atoms with Gasteiger partial charge in [-0.25, -0.2) is 4.98 Å². The Morgan fingerprint density at radius 2 is 1.78 bits per heavy atom. The molecule has 0 unspecified atom stereocenters. The SMILES string of the molecule is CC(=O)N1CCN(c2ccc3nc(-c4ccccc4O)cc(C)c3c2)CC1. The van der Waals surface area contributed by atoms with Crippen molar-refractivity contribution in [2.75, 3.05) is 31.1 Å². The van der Waals surface area contributed by atoms with Gasteiger partial charge in [-0.3, -0.25) is 4.79 Å². The molecule has 0 spiro atoms. The van der Waals surface area contributed by atoms with Crippen molar-refractivity contribution < 1.29 is 9.90 Å². The van der Waals surface area contributed by atoms with E-state index >= 15 is 0 Å². The van der Waals surface area contributed by atoms with Crippen LogP contribution in [0, 0.1) is 6.92 Å². The van der Waals surface area contributed by atoms with Crippen molar-refractivity contribution in [3.63, 3.8) is 0 Å². The number of carbonyl (C=O) groups excluding carboxylic acids is 1. The van der Waals surface area contributed by atoms with Crippen molar-refractivity contribution in [3.8, 4) is 17.0 Å². The number of para-hydroxylation sites is 1. The van der Waals surface area contributed by atoms with E-state index in [4.69, 9.17) is 4.98 Å². The first-order chi connectivity index (χ1) is 13.0. The molecule has 0 aliphatic carbocycles. The summed E-state index contributed by atoms with van der Waals surface area (Å²) < 4.78 is 0. The van der Waals surface area contributed by atoms with Crippen LogP contribution in [0.25, 0.3) is 22.2 Å². The van der Waals surface area contributed by atoms with Gasteiger partial charge in [0.1, 0.15) is 5.75 Å². The average molecular weight is 361 g/mol. The molecule has 138 valence electrons. The van der Waals surface area contributed by atoms with Crippen LogP contribution in [0.4, 0.5) is 5.69 Å². The fourth-order valence-electron chi connectivity index (χ4n) is 3.69. The van der Waals surface area contributed by atoms with Gasteiger partial charge in [0.15, 0.2) is 0 Å². The lowest BCUT2D eigenvalue weighted by molar-refractivity contribution is -0.129. The van der Waals surface area contributed by atoms with Crippen LogP contribution in [-0.4, -0.2) is 47.1 Å². The molecule has 3 aromatic rings. The van der Waals surface area contributed by atoms with Crippen molar-refractivity contribution >= 4 is 22.5 Å². The third-order valence-corrected chi connectivity index (χ3v) is 5.27. The number of hydrogen-bond acceptors (Lipinski definition) is 4. The van der Waals surface area contributed by atoms with Gasteiger partial charge in [0.25, 0.3) is 0 Å². The Balaban J connectivity index is 1.66. The van der Waals surface area contributed by atoms with Gasteiger partial charge in [0.2, 0.25) is 5.91 Å². The number of fused-ring (bicyclic) bond motifs is 1. The Morgan fingerprint density at radius 3 is 2.48 bits per heavy atom. The van der Waals surface area contributed by atoms with E-state index in [0.717, 1.165) is 59.6 Å². The highest BCUT2D eigenvalue weighted by molar-refractivity contribution is 5.88. The number of pyridine rings is 1. The number of anilines is 1. The highest BCUT2D eigenvalue weighted by atomic mass is 16.3. The van der Waals surface area contributed by atoms with Crippen LogP contribution in [-0.2, 0) is 4.79 Å². The zero-order valence-corrected chi connectivity index (χ0v) is 15.6. The van der Waals surface area contributed by atoms with Crippen LogP contribution in [0.5, 0.6) is 5.75 Å². The summed E-state index contributed by atoms with van der Waals surface area (Å²) in [7, 11) is 0. The number of aromatic nitrogens is 1. The molecule has 27 heavy (non-hydrogen) atoms. The van der Waals surface area contributed by atoms with Crippen LogP contribution >= 0.6 is 0 Å². The normalized spacial score (nSPS) is 14.6. The summed E-state index contributed by atoms with van der Waals surface area (Å²) in [6.45, 7) is 6.91. The van der Waals surface area contributed by atoms with Gasteiger partial charge in [0, 0.05) is 49.7 Å². The predicted molar refractivity (Wildman–Crippen MR) is 108 cm³/mol. The third kappa shape index (κ3) is 3.33. The summed E-state index contributed by atoms with van der Waals surface area (Å²) in [5.74, 6) is 0.383. The molecule has 0 radical (unpaired) electrons. The number of benzene rings is 2. The highest BCUT2D eigenvalue weighted by Crippen LogP contribution is 2.32. The minimum atomic E-state index is 0.143. The number of aryl methyl sites for hydroxylation is 1. The zero-order chi connectivity index (χ0) is 19.0. The number of rotatable bonds is 2. The van der Waals surface area contributed by atoms with Crippen LogP contribution in [0.15, 0.2) is 48.5 Å². The molecule has 1 aromatic heterocycles. The van der Waals surface area contributed by atoms with Crippen molar-refractivity contribution in [1.29, 1.82) is 0 Å². The van der Waals surface area contributed by atoms with E-state index in [1.54, 1.807) is 13.0 Å². The molecule has 5 nitrogen and oxygen atoms in total. The number of hydrogen-bond donors (Lipinski definition) is 1. The van der Waals surface area contributed by atoms with Gasteiger partial charge >= 0.3 is 0 Å². The van der Waals surface area contributed by atoms with E-state index in [1.807, 2.05) is 35.2 Å². The summed E-state index contributed by atoms with van der Waals surface area (Å²) >= 11 is 0. The standard InChI is InChI=1S/C22H23N3O2/c1-15-13-21(18-5-3-4-6-22(18)27)23-20-8-7-17(14-19(15)20)25-11-9-24(10-12-25)16(2)26/h3-8,13-14,27H,9-12H2,1-2H3. The fraction of sp³-hybridized carbons (Fsp3) is 0.273. The number of phenols is 1. The molecule has 0 saturated carbocycles. The van der Waals surface area contributed by atoms with Crippen LogP contribution in [0.2, 0.25) is 0 Å². The van der Waals surface area contributed by atoms with Crippen LogP contribution in [0.1, 0.15) is 12.5 Å². The first-order valence-corrected chi connectivity index (χ1v) is 9.23. The topological polar surface area (TPSA) is 56.7 Å². The van der Waals surface area contributed by atoms with E-state index in [9.17, 15) is 9.90 Å². The molecular formula is C22H23N3O2. The molecule has 1 fully saturated rings. The molecule has 5 heteroatoms. The van der Waals surface area contributed by atoms with Gasteiger partial charge in [-0.2, -0.15) is 0 Å². The molecule has 0 atom stereocenters. The minimum absolute atomic E-state index is 0.143. The molecule has 1 N–H and O–H groups in total. The molecule has 2 aromatic carbocycles. The number of phenolic OH excluding ortho intramolecular Hbond substituents is 1. The summed E-state index contributed by atoms with van der Waals surface area (Å²) in [4.78, 5) is 20.5. The first-order valence-electron chi connectivity index (χ1n) is 9.23. The molecule has 1 saturated heterocycles. The van der Waals surface area contributed by atoms with Gasteiger partial charge < -0.3 is 14.9 Å². The van der Waals surface area contributed by atoms with E-state index in [1.165, 1.54) is 0 Å². The minimum Gasteiger partial charge on any atom is -0.507 e. The lowest BCUT2D eigenvalue weighted by Gasteiger charge is -2.35. The van der Waals surface area contributed by atoms with Crippen molar-refractivity contribution in [3.05, 3.63) is 54.1 Å². The Hall–Kier alpha value is -3.08. The number of nitrogens with zero attached hydrogens (tertiary/aromatic N) is 3. The molecule has 1 aliphatic rings. The number of carbonyl (C=O) groups is 1. The van der Waals surface area contributed by atoms with E-state index in [0.29, 0.717) is 0 Å². The lowest BCUT2D eigenvalue weighted by atomic mass is 10.0. The number of piperazine rings is 1. The van der Waals surface area contributed by atoms with Gasteiger partial charge in [-0.05, 0) is 48.9 Å². The largest absolute Gasteiger partial charge is 0.507 e. The average Bonchev–Trinajstić information content (AvgIpc) is 2.68. The second kappa shape index (κ2) is 6.91. The Labute approximate surface area is 158 Å². The Bertz CT molecular complexity index is 1010. The van der Waals surface area contributed by atoms with Gasteiger partial charge in [-0.1, -0.05) is 12.1 Å². The van der Waals surface area contributed by atoms with Crippen molar-refractivity contribution in [2.24, 2.45) is 0 Å². The smallest absolute Gasteiger partial charge is 0.219 e. The second-order valence-corrected chi connectivity index (χ2v) is 7.04. The monoisotopic (exact) mass is 361 g/mol. The maximum Gasteiger partial charge on any atom is 0.219 e. The molecule has 4 rings (SSSR count). The zero-order valence-electron chi connectivity index (χ0n) is 15.6. The first kappa shape index (κ1) is 17.3. The molecule has 0 bridgehead atoms. The van der Waals surface area contributed by atoms with Gasteiger partial charge in [0.05, 0.1) is 11.2 Å². The van der Waals surface area contributed by atoms with Crippen molar-refractivity contribution in [2.45, 2.75) is 13.8 Å². The number of aromatic hydroxyl groups is 1. The quantitative estimate of drug-likeness (QED) is 0.758. The van der Waals surface area contributed by atoms with E-state index in [2.05, 4.69) is 24.0 Å². The molecule has 2 heterocycles. The van der Waals surface area contributed by atoms with E-state index < -0.39 is 0 Å². The fourth-order valence-corrected chi connectivity index (χ4v) is 3.69. The summed E-state index contributed by atoms with van der Waals surface area (Å²) in [5.41, 5.74) is 4.72. The Morgan fingerprint density at radius 1 is 1.04 bits per heavy atom. The van der Waals surface area contributed by atoms with E-state index in [-0.39, 0.29) is 11.7 Å². The molecular weight excluding hydrogens is 338 g/mol. The third-order valence-electron chi connectivity index (χ3n) is 5.27. The molecule has 1 aliphatic heterocycles. The number of amides is 1. The highest BCUT2D eigenvalue weighted by Gasteiger charge is 2.19. The predicted octanol–water partition coefficient (Wildman–Crippen LogP) is 3.58. The Kier molecular flexibility index (Phi) is 4.44. The van der Waals surface area contributed by atoms with Crippen LogP contribution < -0.4 is 4.90 Å². The summed E-state index contributed by atoms with van der Waals surface area (Å²) in [5, 5.41) is 11.2. The van der Waals surface area contributed by atoms with Crippen LogP contribution in [0.3, 0.4) is 0 Å². The lowest BCUT2D eigenvalue weighted by Crippen LogP contribution is -2.48. The van der Waals surface area contributed by atoms with Crippen molar-refractivity contribution in [1.82, 2.24) is 9.88 Å². The summed E-state index contributed by atoms with van der Waals surface area (Å²) in [6, 6.07) is 15.6. The molecule has 1 amide bonds. The summed E-state index contributed by atoms with van der Waals surface area (Å²) in [6.07, 6.45) is 0. The maximum atomic E-state index is 11.5.